The number of benzene rings is 2. The Morgan fingerprint density at radius 1 is 1.17 bits per heavy atom. The fourth-order valence-corrected chi connectivity index (χ4v) is 3.38. The molecular formula is C17H19ClN2O3S. The van der Waals surface area contributed by atoms with E-state index < -0.39 is 15.9 Å². The van der Waals surface area contributed by atoms with Crippen LogP contribution in [0.4, 0.5) is 11.4 Å². The lowest BCUT2D eigenvalue weighted by Crippen LogP contribution is -2.37. The van der Waals surface area contributed by atoms with Crippen LogP contribution in [0, 0.1) is 13.8 Å². The van der Waals surface area contributed by atoms with Crippen LogP contribution in [-0.2, 0) is 14.8 Å². The Balaban J connectivity index is 2.26. The van der Waals surface area contributed by atoms with Gasteiger partial charge in [0.2, 0.25) is 15.9 Å². The SMILES string of the molecule is Cc1ccc(C)c(NC(=O)CN(c2ccccc2Cl)S(C)(=O)=O)c1. The van der Waals surface area contributed by atoms with Gasteiger partial charge in [0.25, 0.3) is 0 Å². The zero-order valence-electron chi connectivity index (χ0n) is 13.7. The average Bonchev–Trinajstić information content (AvgIpc) is 2.48. The van der Waals surface area contributed by atoms with Gasteiger partial charge in [0, 0.05) is 5.69 Å². The first-order valence-corrected chi connectivity index (χ1v) is 9.50. The van der Waals surface area contributed by atoms with Gasteiger partial charge in [-0.3, -0.25) is 9.10 Å². The predicted octanol–water partition coefficient (Wildman–Crippen LogP) is 3.36. The van der Waals surface area contributed by atoms with E-state index in [1.165, 1.54) is 0 Å². The van der Waals surface area contributed by atoms with E-state index in [1.807, 2.05) is 32.0 Å². The molecule has 0 saturated carbocycles. The Labute approximate surface area is 147 Å². The summed E-state index contributed by atoms with van der Waals surface area (Å²) >= 11 is 6.08. The molecule has 0 aromatic heterocycles. The first-order valence-electron chi connectivity index (χ1n) is 7.28. The molecule has 0 unspecified atom stereocenters. The Morgan fingerprint density at radius 2 is 1.83 bits per heavy atom. The van der Waals surface area contributed by atoms with Crippen LogP contribution in [0.3, 0.4) is 0 Å². The van der Waals surface area contributed by atoms with E-state index in [0.717, 1.165) is 21.7 Å². The number of amides is 1. The molecule has 2 aromatic rings. The maximum atomic E-state index is 12.4. The molecule has 1 N–H and O–H groups in total. The largest absolute Gasteiger partial charge is 0.324 e. The number of carbonyl (C=O) groups excluding carboxylic acids is 1. The molecule has 0 radical (unpaired) electrons. The molecule has 128 valence electrons. The fraction of sp³-hybridized carbons (Fsp3) is 0.235. The van der Waals surface area contributed by atoms with Crippen molar-refractivity contribution in [1.82, 2.24) is 0 Å². The van der Waals surface area contributed by atoms with Crippen LogP contribution in [-0.4, -0.2) is 27.1 Å². The summed E-state index contributed by atoms with van der Waals surface area (Å²) in [6.07, 6.45) is 1.04. The number of halogens is 1. The highest BCUT2D eigenvalue weighted by Gasteiger charge is 2.23. The van der Waals surface area contributed by atoms with Crippen molar-refractivity contribution in [3.8, 4) is 0 Å². The number of sulfonamides is 1. The minimum Gasteiger partial charge on any atom is -0.324 e. The molecule has 0 spiro atoms. The molecular weight excluding hydrogens is 348 g/mol. The third-order valence-corrected chi connectivity index (χ3v) is 4.92. The van der Waals surface area contributed by atoms with Crippen LogP contribution in [0.15, 0.2) is 42.5 Å². The van der Waals surface area contributed by atoms with E-state index in [1.54, 1.807) is 24.3 Å². The Bertz CT molecular complexity index is 866. The molecule has 2 aromatic carbocycles. The van der Waals surface area contributed by atoms with Crippen molar-refractivity contribution in [2.24, 2.45) is 0 Å². The Hall–Kier alpha value is -2.05. The lowest BCUT2D eigenvalue weighted by Gasteiger charge is -2.23. The van der Waals surface area contributed by atoms with Crippen molar-refractivity contribution in [2.45, 2.75) is 13.8 Å². The average molecular weight is 367 g/mol. The second-order valence-electron chi connectivity index (χ2n) is 5.59. The molecule has 0 fully saturated rings. The van der Waals surface area contributed by atoms with E-state index in [2.05, 4.69) is 5.32 Å². The Morgan fingerprint density at radius 3 is 2.46 bits per heavy atom. The van der Waals surface area contributed by atoms with E-state index in [4.69, 9.17) is 11.6 Å². The van der Waals surface area contributed by atoms with E-state index in [0.29, 0.717) is 5.69 Å². The van der Waals surface area contributed by atoms with Gasteiger partial charge in [-0.15, -0.1) is 0 Å². The highest BCUT2D eigenvalue weighted by molar-refractivity contribution is 7.92. The quantitative estimate of drug-likeness (QED) is 0.882. The summed E-state index contributed by atoms with van der Waals surface area (Å²) in [4.78, 5) is 12.4. The van der Waals surface area contributed by atoms with Gasteiger partial charge in [0.1, 0.15) is 6.54 Å². The van der Waals surface area contributed by atoms with Gasteiger partial charge in [0.05, 0.1) is 17.0 Å². The van der Waals surface area contributed by atoms with E-state index in [9.17, 15) is 13.2 Å². The summed E-state index contributed by atoms with van der Waals surface area (Å²) in [5, 5.41) is 3.02. The minimum absolute atomic E-state index is 0.266. The number of aryl methyl sites for hydroxylation is 2. The molecule has 0 aliphatic carbocycles. The highest BCUT2D eigenvalue weighted by Crippen LogP contribution is 2.27. The molecule has 0 aliphatic heterocycles. The maximum Gasteiger partial charge on any atom is 0.245 e. The van der Waals surface area contributed by atoms with Gasteiger partial charge in [-0.1, -0.05) is 35.9 Å². The molecule has 24 heavy (non-hydrogen) atoms. The second-order valence-corrected chi connectivity index (χ2v) is 7.90. The summed E-state index contributed by atoms with van der Waals surface area (Å²) in [6.45, 7) is 3.44. The monoisotopic (exact) mass is 366 g/mol. The summed E-state index contributed by atoms with van der Waals surface area (Å²) < 4.78 is 25.2. The molecule has 5 nitrogen and oxygen atoms in total. The van der Waals surface area contributed by atoms with Crippen LogP contribution in [0.5, 0.6) is 0 Å². The lowest BCUT2D eigenvalue weighted by molar-refractivity contribution is -0.114. The summed E-state index contributed by atoms with van der Waals surface area (Å²) in [5.74, 6) is -0.436. The molecule has 1 amide bonds. The second kappa shape index (κ2) is 7.23. The smallest absolute Gasteiger partial charge is 0.245 e. The first kappa shape index (κ1) is 18.3. The number of hydrogen-bond acceptors (Lipinski definition) is 3. The third kappa shape index (κ3) is 4.49. The van der Waals surface area contributed by atoms with Gasteiger partial charge >= 0.3 is 0 Å². The standard InChI is InChI=1S/C17H19ClN2O3S/c1-12-8-9-13(2)15(10-12)19-17(21)11-20(24(3,22)23)16-7-5-4-6-14(16)18/h4-10H,11H2,1-3H3,(H,19,21). The van der Waals surface area contributed by atoms with Crippen molar-refractivity contribution in [1.29, 1.82) is 0 Å². The molecule has 7 heteroatoms. The van der Waals surface area contributed by atoms with Gasteiger partial charge < -0.3 is 5.32 Å². The van der Waals surface area contributed by atoms with Crippen LogP contribution >= 0.6 is 11.6 Å². The number of rotatable bonds is 5. The van der Waals surface area contributed by atoms with Crippen LogP contribution in [0.1, 0.15) is 11.1 Å². The molecule has 0 bridgehead atoms. The third-order valence-electron chi connectivity index (χ3n) is 3.48. The Kier molecular flexibility index (Phi) is 5.51. The zero-order valence-corrected chi connectivity index (χ0v) is 15.3. The van der Waals surface area contributed by atoms with Crippen LogP contribution in [0.2, 0.25) is 5.02 Å². The van der Waals surface area contributed by atoms with Gasteiger partial charge in [-0.05, 0) is 43.2 Å². The number of carbonyl (C=O) groups is 1. The van der Waals surface area contributed by atoms with Crippen molar-refractivity contribution in [2.75, 3.05) is 22.4 Å². The number of nitrogens with zero attached hydrogens (tertiary/aromatic N) is 1. The zero-order chi connectivity index (χ0) is 17.9. The van der Waals surface area contributed by atoms with Crippen molar-refractivity contribution in [3.05, 3.63) is 58.6 Å². The van der Waals surface area contributed by atoms with Crippen LogP contribution < -0.4 is 9.62 Å². The molecule has 2 rings (SSSR count). The minimum atomic E-state index is -3.66. The number of nitrogens with one attached hydrogen (secondary N) is 1. The lowest BCUT2D eigenvalue weighted by atomic mass is 10.1. The maximum absolute atomic E-state index is 12.4. The van der Waals surface area contributed by atoms with E-state index in [-0.39, 0.29) is 17.3 Å². The van der Waals surface area contributed by atoms with Gasteiger partial charge in [-0.25, -0.2) is 8.42 Å². The van der Waals surface area contributed by atoms with Crippen molar-refractivity contribution in [3.63, 3.8) is 0 Å². The molecule has 0 saturated heterocycles. The summed E-state index contributed by atoms with van der Waals surface area (Å²) in [7, 11) is -3.66. The van der Waals surface area contributed by atoms with Crippen LogP contribution in [0.25, 0.3) is 0 Å². The normalized spacial score (nSPS) is 11.2. The summed E-state index contributed by atoms with van der Waals surface area (Å²) in [6, 6.07) is 12.2. The molecule has 0 heterocycles. The fourth-order valence-electron chi connectivity index (χ4n) is 2.23. The number of anilines is 2. The predicted molar refractivity (Wildman–Crippen MR) is 98.2 cm³/mol. The van der Waals surface area contributed by atoms with Crippen molar-refractivity contribution >= 4 is 38.9 Å². The summed E-state index contributed by atoms with van der Waals surface area (Å²) in [5.41, 5.74) is 2.84. The van der Waals surface area contributed by atoms with Gasteiger partial charge in [0.15, 0.2) is 0 Å². The van der Waals surface area contributed by atoms with Gasteiger partial charge in [-0.2, -0.15) is 0 Å². The number of hydrogen-bond donors (Lipinski definition) is 1. The van der Waals surface area contributed by atoms with E-state index >= 15 is 0 Å². The molecule has 0 atom stereocenters. The highest BCUT2D eigenvalue weighted by atomic mass is 35.5. The molecule has 0 aliphatic rings. The topological polar surface area (TPSA) is 66.5 Å². The first-order chi connectivity index (χ1) is 11.2. The van der Waals surface area contributed by atoms with Crippen molar-refractivity contribution < 1.29 is 13.2 Å². The number of para-hydroxylation sites is 1.